The smallest absolute Gasteiger partial charge is 0.323 e. The van der Waals surface area contributed by atoms with Gasteiger partial charge in [0.2, 0.25) is 5.91 Å². The van der Waals surface area contributed by atoms with E-state index in [-0.39, 0.29) is 12.5 Å². The topological polar surface area (TPSA) is 71.3 Å². The molecule has 1 aliphatic carbocycles. The number of carbonyl (C=O) groups is 2. The highest BCUT2D eigenvalue weighted by molar-refractivity contribution is 5.94. The van der Waals surface area contributed by atoms with Crippen LogP contribution < -0.4 is 5.32 Å². The fourth-order valence-corrected chi connectivity index (χ4v) is 3.25. The minimum absolute atomic E-state index is 0.0586. The highest BCUT2D eigenvalue weighted by atomic mass is 16.4. The van der Waals surface area contributed by atoms with Gasteiger partial charge in [-0.15, -0.1) is 0 Å². The molecular weight excluding hydrogens is 280 g/mol. The summed E-state index contributed by atoms with van der Waals surface area (Å²) in [5.41, 5.74) is 1.62. The summed E-state index contributed by atoms with van der Waals surface area (Å²) < 4.78 is 1.68. The summed E-state index contributed by atoms with van der Waals surface area (Å²) >= 11 is 0. The number of carbonyl (C=O) groups excluding carboxylic acids is 1. The van der Waals surface area contributed by atoms with E-state index in [0.717, 1.165) is 29.4 Å². The lowest BCUT2D eigenvalue weighted by atomic mass is 10.0. The van der Waals surface area contributed by atoms with Crippen molar-refractivity contribution in [1.29, 1.82) is 0 Å². The van der Waals surface area contributed by atoms with Gasteiger partial charge >= 0.3 is 5.97 Å². The summed E-state index contributed by atoms with van der Waals surface area (Å²) in [6, 6.07) is 7.43. The summed E-state index contributed by atoms with van der Waals surface area (Å²) in [5, 5.41) is 12.8. The van der Waals surface area contributed by atoms with Crippen LogP contribution in [-0.4, -0.2) is 21.6 Å². The van der Waals surface area contributed by atoms with Crippen LogP contribution in [0, 0.1) is 5.92 Å². The lowest BCUT2D eigenvalue weighted by Gasteiger charge is -2.10. The first-order chi connectivity index (χ1) is 10.6. The van der Waals surface area contributed by atoms with E-state index in [0.29, 0.717) is 12.3 Å². The number of carboxylic acids is 1. The van der Waals surface area contributed by atoms with E-state index < -0.39 is 5.97 Å². The average molecular weight is 300 g/mol. The highest BCUT2D eigenvalue weighted by Crippen LogP contribution is 2.28. The van der Waals surface area contributed by atoms with Crippen molar-refractivity contribution in [2.75, 3.05) is 5.32 Å². The average Bonchev–Trinajstić information content (AvgIpc) is 3.08. The van der Waals surface area contributed by atoms with Crippen LogP contribution in [0.1, 0.15) is 32.1 Å². The van der Waals surface area contributed by atoms with Crippen LogP contribution in [0.2, 0.25) is 0 Å². The number of hydrogen-bond donors (Lipinski definition) is 2. The van der Waals surface area contributed by atoms with Crippen molar-refractivity contribution in [3.05, 3.63) is 30.5 Å². The van der Waals surface area contributed by atoms with E-state index >= 15 is 0 Å². The number of amides is 1. The number of aromatic nitrogens is 1. The van der Waals surface area contributed by atoms with E-state index in [1.807, 2.05) is 24.3 Å². The molecule has 0 saturated heterocycles. The zero-order valence-electron chi connectivity index (χ0n) is 12.4. The fourth-order valence-electron chi connectivity index (χ4n) is 3.25. The van der Waals surface area contributed by atoms with Gasteiger partial charge in [0.1, 0.15) is 6.54 Å². The first kappa shape index (κ1) is 14.6. The Bertz CT molecular complexity index is 699. The van der Waals surface area contributed by atoms with Gasteiger partial charge in [0.05, 0.1) is 0 Å². The van der Waals surface area contributed by atoms with E-state index in [1.165, 1.54) is 12.8 Å². The molecular formula is C17H20N2O3. The lowest BCUT2D eigenvalue weighted by Crippen LogP contribution is -2.15. The van der Waals surface area contributed by atoms with E-state index in [1.54, 1.807) is 10.8 Å². The Hall–Kier alpha value is -2.30. The number of hydrogen-bond acceptors (Lipinski definition) is 2. The minimum Gasteiger partial charge on any atom is -0.480 e. The van der Waals surface area contributed by atoms with Gasteiger partial charge in [-0.25, -0.2) is 0 Å². The molecule has 0 atom stereocenters. The Balaban J connectivity index is 1.69. The molecule has 3 rings (SSSR count). The normalized spacial score (nSPS) is 15.3. The Morgan fingerprint density at radius 3 is 2.73 bits per heavy atom. The van der Waals surface area contributed by atoms with Crippen molar-refractivity contribution in [2.24, 2.45) is 5.92 Å². The predicted octanol–water partition coefficient (Wildman–Crippen LogP) is 3.24. The number of carboxylic acid groups (broad SMARTS) is 1. The number of fused-ring (bicyclic) bond motifs is 1. The third-order valence-electron chi connectivity index (χ3n) is 4.31. The Morgan fingerprint density at radius 1 is 1.23 bits per heavy atom. The van der Waals surface area contributed by atoms with Crippen LogP contribution in [0.3, 0.4) is 0 Å². The molecule has 1 saturated carbocycles. The largest absolute Gasteiger partial charge is 0.480 e. The number of nitrogens with zero attached hydrogens (tertiary/aromatic N) is 1. The first-order valence-corrected chi connectivity index (χ1v) is 7.72. The van der Waals surface area contributed by atoms with Crippen molar-refractivity contribution < 1.29 is 14.7 Å². The predicted molar refractivity (Wildman–Crippen MR) is 84.8 cm³/mol. The lowest BCUT2D eigenvalue weighted by molar-refractivity contribution is -0.137. The Morgan fingerprint density at radius 2 is 2.00 bits per heavy atom. The molecule has 2 N–H and O–H groups in total. The molecule has 1 aromatic carbocycles. The highest BCUT2D eigenvalue weighted by Gasteiger charge is 2.18. The van der Waals surface area contributed by atoms with Gasteiger partial charge in [0.15, 0.2) is 0 Å². The maximum absolute atomic E-state index is 12.1. The fraction of sp³-hybridized carbons (Fsp3) is 0.412. The van der Waals surface area contributed by atoms with Crippen LogP contribution >= 0.6 is 0 Å². The number of aliphatic carboxylic acids is 1. The van der Waals surface area contributed by atoms with Crippen molar-refractivity contribution >= 4 is 28.5 Å². The van der Waals surface area contributed by atoms with Crippen molar-refractivity contribution in [3.8, 4) is 0 Å². The van der Waals surface area contributed by atoms with Gasteiger partial charge in [-0.3, -0.25) is 9.59 Å². The van der Waals surface area contributed by atoms with Gasteiger partial charge in [-0.1, -0.05) is 12.8 Å². The summed E-state index contributed by atoms with van der Waals surface area (Å²) in [6.07, 6.45) is 7.14. The van der Waals surface area contributed by atoms with Gasteiger partial charge in [-0.2, -0.15) is 0 Å². The van der Waals surface area contributed by atoms with Gasteiger partial charge in [0, 0.05) is 29.2 Å². The number of benzene rings is 1. The van der Waals surface area contributed by atoms with Crippen LogP contribution in [0.25, 0.3) is 10.9 Å². The minimum atomic E-state index is -0.869. The third kappa shape index (κ3) is 3.30. The molecule has 1 aromatic heterocycles. The second-order valence-electron chi connectivity index (χ2n) is 6.01. The van der Waals surface area contributed by atoms with E-state index in [9.17, 15) is 9.59 Å². The summed E-state index contributed by atoms with van der Waals surface area (Å²) in [6.45, 7) is -0.0586. The summed E-state index contributed by atoms with van der Waals surface area (Å²) in [7, 11) is 0. The van der Waals surface area contributed by atoms with E-state index in [4.69, 9.17) is 5.11 Å². The Labute approximate surface area is 128 Å². The molecule has 1 heterocycles. The van der Waals surface area contributed by atoms with Gasteiger partial charge in [0.25, 0.3) is 0 Å². The zero-order chi connectivity index (χ0) is 15.5. The molecule has 5 heteroatoms. The third-order valence-corrected chi connectivity index (χ3v) is 4.31. The number of rotatable bonds is 5. The molecule has 5 nitrogen and oxygen atoms in total. The van der Waals surface area contributed by atoms with Crippen LogP contribution in [0.4, 0.5) is 5.69 Å². The summed E-state index contributed by atoms with van der Waals surface area (Å²) in [4.78, 5) is 22.9. The zero-order valence-corrected chi connectivity index (χ0v) is 12.4. The molecule has 2 aromatic rings. The molecule has 116 valence electrons. The van der Waals surface area contributed by atoms with Crippen LogP contribution in [0.5, 0.6) is 0 Å². The Kier molecular flexibility index (Phi) is 4.13. The van der Waals surface area contributed by atoms with Crippen LogP contribution in [0.15, 0.2) is 30.5 Å². The molecule has 1 amide bonds. The standard InChI is InChI=1S/C17H20N2O3/c20-16(9-12-3-1-2-4-12)18-14-5-6-15-13(10-14)7-8-19(15)11-17(21)22/h5-8,10,12H,1-4,9,11H2,(H,18,20)(H,21,22). The van der Waals surface area contributed by atoms with E-state index in [2.05, 4.69) is 5.32 Å². The molecule has 0 radical (unpaired) electrons. The molecule has 0 bridgehead atoms. The molecule has 0 unspecified atom stereocenters. The summed E-state index contributed by atoms with van der Waals surface area (Å²) in [5.74, 6) is -0.275. The second kappa shape index (κ2) is 6.22. The molecule has 0 aliphatic heterocycles. The molecule has 22 heavy (non-hydrogen) atoms. The maximum Gasteiger partial charge on any atom is 0.323 e. The molecule has 1 aliphatic rings. The maximum atomic E-state index is 12.1. The molecule has 1 fully saturated rings. The monoisotopic (exact) mass is 300 g/mol. The van der Waals surface area contributed by atoms with Gasteiger partial charge in [-0.05, 0) is 43.0 Å². The van der Waals surface area contributed by atoms with Crippen molar-refractivity contribution in [1.82, 2.24) is 4.57 Å². The van der Waals surface area contributed by atoms with Gasteiger partial charge < -0.3 is 15.0 Å². The van der Waals surface area contributed by atoms with Crippen LogP contribution in [-0.2, 0) is 16.1 Å². The second-order valence-corrected chi connectivity index (χ2v) is 6.01. The number of nitrogens with one attached hydrogen (secondary N) is 1. The number of anilines is 1. The van der Waals surface area contributed by atoms with Crippen molar-refractivity contribution in [2.45, 2.75) is 38.6 Å². The first-order valence-electron chi connectivity index (χ1n) is 7.72. The quantitative estimate of drug-likeness (QED) is 0.890. The molecule has 0 spiro atoms. The SMILES string of the molecule is O=C(O)Cn1ccc2cc(NC(=O)CC3CCCC3)ccc21. The van der Waals surface area contributed by atoms with Crippen molar-refractivity contribution in [3.63, 3.8) is 0 Å².